The summed E-state index contributed by atoms with van der Waals surface area (Å²) in [6, 6.07) is 5.90. The third kappa shape index (κ3) is 8.65. The van der Waals surface area contributed by atoms with Gasteiger partial charge in [0.2, 0.25) is 0 Å². The average Bonchev–Trinajstić information content (AvgIpc) is 2.64. The molecule has 28 heavy (non-hydrogen) atoms. The molecule has 1 aromatic carbocycles. The van der Waals surface area contributed by atoms with Crippen LogP contribution < -0.4 is 15.4 Å². The highest BCUT2D eigenvalue weighted by atomic mass is 127. The van der Waals surface area contributed by atoms with E-state index in [0.29, 0.717) is 24.7 Å². The SMILES string of the molecule is CCNC(=NCCc1ccc(OC)cc1Cl)NC1CCN(CC(F)F)CC1.I. The fourth-order valence-electron chi connectivity index (χ4n) is 3.11. The van der Waals surface area contributed by atoms with Gasteiger partial charge in [0, 0.05) is 37.2 Å². The molecule has 5 nitrogen and oxygen atoms in total. The van der Waals surface area contributed by atoms with Crippen LogP contribution in [0.1, 0.15) is 25.3 Å². The summed E-state index contributed by atoms with van der Waals surface area (Å²) in [5.41, 5.74) is 1.03. The van der Waals surface area contributed by atoms with Crippen LogP contribution >= 0.6 is 35.6 Å². The van der Waals surface area contributed by atoms with Crippen molar-refractivity contribution in [3.05, 3.63) is 28.8 Å². The van der Waals surface area contributed by atoms with E-state index >= 15 is 0 Å². The number of nitrogens with zero attached hydrogens (tertiary/aromatic N) is 2. The van der Waals surface area contributed by atoms with Gasteiger partial charge < -0.3 is 15.4 Å². The number of nitrogens with one attached hydrogen (secondary N) is 2. The van der Waals surface area contributed by atoms with Crippen LogP contribution in [0.25, 0.3) is 0 Å². The standard InChI is InChI=1S/C19H29ClF2N4O.HI/c1-3-23-19(25-15-7-10-26(11-8-15)13-18(21)22)24-9-6-14-4-5-16(27-2)12-17(14)20;/h4-5,12,15,18H,3,6-11,13H2,1-2H3,(H2,23,24,25);1H. The Kier molecular flexibility index (Phi) is 12.0. The second kappa shape index (κ2) is 13.4. The van der Waals surface area contributed by atoms with Crippen LogP contribution in [0.4, 0.5) is 8.78 Å². The molecule has 0 atom stereocenters. The molecule has 0 saturated carbocycles. The molecule has 1 heterocycles. The lowest BCUT2D eigenvalue weighted by Crippen LogP contribution is -2.49. The Bertz CT molecular complexity index is 614. The Hall–Kier alpha value is -0.870. The van der Waals surface area contributed by atoms with Gasteiger partial charge in [0.25, 0.3) is 6.43 Å². The summed E-state index contributed by atoms with van der Waals surface area (Å²) >= 11 is 6.27. The minimum Gasteiger partial charge on any atom is -0.497 e. The highest BCUT2D eigenvalue weighted by Crippen LogP contribution is 2.22. The number of likely N-dealkylation sites (tertiary alicyclic amines) is 1. The number of rotatable bonds is 8. The number of alkyl halides is 2. The molecule has 0 aliphatic carbocycles. The summed E-state index contributed by atoms with van der Waals surface area (Å²) in [6.45, 7) is 4.61. The predicted octanol–water partition coefficient (Wildman–Crippen LogP) is 3.79. The molecule has 0 radical (unpaired) electrons. The Balaban J connectivity index is 0.00000392. The maximum absolute atomic E-state index is 12.5. The number of methoxy groups -OCH3 is 1. The second-order valence-electron chi connectivity index (χ2n) is 6.58. The van der Waals surface area contributed by atoms with Crippen LogP contribution in [0.15, 0.2) is 23.2 Å². The van der Waals surface area contributed by atoms with Crippen molar-refractivity contribution in [1.29, 1.82) is 0 Å². The first kappa shape index (κ1) is 25.2. The maximum Gasteiger partial charge on any atom is 0.251 e. The summed E-state index contributed by atoms with van der Waals surface area (Å²) in [6.07, 6.45) is 0.132. The van der Waals surface area contributed by atoms with Gasteiger partial charge in [-0.25, -0.2) is 8.78 Å². The second-order valence-corrected chi connectivity index (χ2v) is 6.99. The molecule has 0 unspecified atom stereocenters. The summed E-state index contributed by atoms with van der Waals surface area (Å²) in [5.74, 6) is 1.50. The number of aliphatic imine (C=N–C) groups is 1. The van der Waals surface area contributed by atoms with E-state index in [-0.39, 0.29) is 36.6 Å². The molecule has 1 aromatic rings. The van der Waals surface area contributed by atoms with E-state index in [0.717, 1.165) is 43.1 Å². The lowest BCUT2D eigenvalue weighted by atomic mass is 10.1. The van der Waals surface area contributed by atoms with Crippen LogP contribution in [0, 0.1) is 0 Å². The quantitative estimate of drug-likeness (QED) is 0.305. The number of halogens is 4. The van der Waals surface area contributed by atoms with Crippen LogP contribution in [0.3, 0.4) is 0 Å². The number of hydrogen-bond acceptors (Lipinski definition) is 3. The van der Waals surface area contributed by atoms with E-state index in [2.05, 4.69) is 15.6 Å². The Labute approximate surface area is 188 Å². The first-order valence-electron chi connectivity index (χ1n) is 9.39. The maximum atomic E-state index is 12.5. The van der Waals surface area contributed by atoms with Crippen molar-refractivity contribution in [3.63, 3.8) is 0 Å². The van der Waals surface area contributed by atoms with Crippen molar-refractivity contribution in [2.75, 3.05) is 39.8 Å². The van der Waals surface area contributed by atoms with Crippen LogP contribution in [0.2, 0.25) is 5.02 Å². The van der Waals surface area contributed by atoms with Gasteiger partial charge in [0.15, 0.2) is 5.96 Å². The zero-order valence-corrected chi connectivity index (χ0v) is 19.5. The average molecular weight is 531 g/mol. The number of guanidine groups is 1. The number of benzene rings is 1. The molecule has 0 aromatic heterocycles. The van der Waals surface area contributed by atoms with Gasteiger partial charge in [-0.2, -0.15) is 0 Å². The minimum atomic E-state index is -2.27. The Morgan fingerprint density at radius 1 is 1.36 bits per heavy atom. The third-order valence-electron chi connectivity index (χ3n) is 4.58. The largest absolute Gasteiger partial charge is 0.497 e. The third-order valence-corrected chi connectivity index (χ3v) is 4.93. The van der Waals surface area contributed by atoms with Crippen molar-refractivity contribution in [1.82, 2.24) is 15.5 Å². The van der Waals surface area contributed by atoms with Crippen molar-refractivity contribution in [2.45, 2.75) is 38.7 Å². The van der Waals surface area contributed by atoms with Gasteiger partial charge in [-0.3, -0.25) is 9.89 Å². The van der Waals surface area contributed by atoms with E-state index in [4.69, 9.17) is 16.3 Å². The summed E-state index contributed by atoms with van der Waals surface area (Å²) in [5, 5.41) is 7.34. The molecular weight excluding hydrogens is 501 g/mol. The molecule has 2 N–H and O–H groups in total. The molecular formula is C19H30ClF2IN4O. The van der Waals surface area contributed by atoms with E-state index in [9.17, 15) is 8.78 Å². The molecule has 9 heteroatoms. The summed E-state index contributed by atoms with van der Waals surface area (Å²) < 4.78 is 30.1. The topological polar surface area (TPSA) is 48.9 Å². The molecule has 1 saturated heterocycles. The molecule has 1 aliphatic rings. The highest BCUT2D eigenvalue weighted by molar-refractivity contribution is 14.0. The van der Waals surface area contributed by atoms with E-state index < -0.39 is 6.43 Å². The van der Waals surface area contributed by atoms with Crippen molar-refractivity contribution in [3.8, 4) is 5.75 Å². The lowest BCUT2D eigenvalue weighted by Gasteiger charge is -2.32. The predicted molar refractivity (Wildman–Crippen MR) is 122 cm³/mol. The molecule has 2 rings (SSSR count). The molecule has 1 aliphatic heterocycles. The fourth-order valence-corrected chi connectivity index (χ4v) is 3.38. The fraction of sp³-hybridized carbons (Fsp3) is 0.632. The monoisotopic (exact) mass is 530 g/mol. The first-order valence-corrected chi connectivity index (χ1v) is 9.77. The molecule has 1 fully saturated rings. The lowest BCUT2D eigenvalue weighted by molar-refractivity contribution is 0.0744. The van der Waals surface area contributed by atoms with Gasteiger partial charge >= 0.3 is 0 Å². The van der Waals surface area contributed by atoms with Gasteiger partial charge in [-0.05, 0) is 43.9 Å². The molecule has 0 bridgehead atoms. The Morgan fingerprint density at radius 2 is 2.07 bits per heavy atom. The first-order chi connectivity index (χ1) is 13.0. The number of piperidine rings is 1. The van der Waals surface area contributed by atoms with E-state index in [1.165, 1.54) is 0 Å². The zero-order valence-electron chi connectivity index (χ0n) is 16.4. The minimum absolute atomic E-state index is 0. The molecule has 0 spiro atoms. The van der Waals surface area contributed by atoms with Crippen LogP contribution in [-0.2, 0) is 6.42 Å². The number of hydrogen-bond donors (Lipinski definition) is 2. The van der Waals surface area contributed by atoms with Crippen molar-refractivity contribution < 1.29 is 13.5 Å². The van der Waals surface area contributed by atoms with E-state index in [1.54, 1.807) is 13.2 Å². The number of ether oxygens (including phenoxy) is 1. The molecule has 0 amide bonds. The van der Waals surface area contributed by atoms with Gasteiger partial charge in [0.05, 0.1) is 13.7 Å². The summed E-state index contributed by atoms with van der Waals surface area (Å²) in [7, 11) is 1.61. The zero-order chi connectivity index (χ0) is 19.6. The van der Waals surface area contributed by atoms with Gasteiger partial charge in [-0.1, -0.05) is 17.7 Å². The van der Waals surface area contributed by atoms with E-state index in [1.807, 2.05) is 24.0 Å². The molecule has 160 valence electrons. The normalized spacial score (nSPS) is 16.0. The van der Waals surface area contributed by atoms with Crippen LogP contribution in [0.5, 0.6) is 5.75 Å². The van der Waals surface area contributed by atoms with Crippen LogP contribution in [-0.4, -0.2) is 63.2 Å². The summed E-state index contributed by atoms with van der Waals surface area (Å²) in [4.78, 5) is 6.44. The van der Waals surface area contributed by atoms with Gasteiger partial charge in [0.1, 0.15) is 5.75 Å². The van der Waals surface area contributed by atoms with Crippen molar-refractivity contribution in [2.24, 2.45) is 4.99 Å². The van der Waals surface area contributed by atoms with Gasteiger partial charge in [-0.15, -0.1) is 24.0 Å². The van der Waals surface area contributed by atoms with Crippen molar-refractivity contribution >= 4 is 41.5 Å². The Morgan fingerprint density at radius 3 is 2.64 bits per heavy atom. The highest BCUT2D eigenvalue weighted by Gasteiger charge is 2.21. The smallest absolute Gasteiger partial charge is 0.251 e.